The zero-order chi connectivity index (χ0) is 20.2. The highest BCUT2D eigenvalue weighted by molar-refractivity contribution is 5.84. The summed E-state index contributed by atoms with van der Waals surface area (Å²) in [5, 5.41) is 1.82. The highest BCUT2D eigenvalue weighted by Gasteiger charge is 2.30. The number of fused-ring (bicyclic) bond motifs is 1. The van der Waals surface area contributed by atoms with Gasteiger partial charge in [-0.05, 0) is 104 Å². The first-order chi connectivity index (χ1) is 14.2. The molecule has 154 valence electrons. The van der Waals surface area contributed by atoms with Crippen molar-refractivity contribution in [3.05, 3.63) is 72.6 Å². The second-order valence-corrected chi connectivity index (χ2v) is 9.37. The second kappa shape index (κ2) is 9.28. The van der Waals surface area contributed by atoms with Gasteiger partial charge in [-0.1, -0.05) is 42.5 Å². The molecule has 1 heteroatoms. The summed E-state index contributed by atoms with van der Waals surface area (Å²) >= 11 is 0. The summed E-state index contributed by atoms with van der Waals surface area (Å²) in [6, 6.07) is 10.5. The molecule has 0 aromatic heterocycles. The van der Waals surface area contributed by atoms with Gasteiger partial charge >= 0.3 is 0 Å². The highest BCUT2D eigenvalue weighted by atomic mass is 19.1. The van der Waals surface area contributed by atoms with Gasteiger partial charge < -0.3 is 0 Å². The van der Waals surface area contributed by atoms with E-state index in [2.05, 4.69) is 37.4 Å². The van der Waals surface area contributed by atoms with Crippen molar-refractivity contribution in [1.29, 1.82) is 0 Å². The number of aryl methyl sites for hydroxylation is 1. The van der Waals surface area contributed by atoms with Crippen LogP contribution in [0.1, 0.15) is 74.8 Å². The molecule has 4 rings (SSSR count). The number of halogens is 1. The van der Waals surface area contributed by atoms with E-state index in [9.17, 15) is 4.39 Å². The summed E-state index contributed by atoms with van der Waals surface area (Å²) in [6.07, 6.45) is 16.4. The van der Waals surface area contributed by atoms with E-state index in [0.717, 1.165) is 46.9 Å². The van der Waals surface area contributed by atoms with Crippen LogP contribution in [0.25, 0.3) is 10.8 Å². The minimum Gasteiger partial charge on any atom is -0.206 e. The minimum absolute atomic E-state index is 0.0465. The number of rotatable bonds is 6. The standard InChI is InChI=1S/C28H35F/c1-3-5-6-24-15-16-26-19-25(17-18-27(26)28(24)29)23-13-11-22(12-14-23)21-9-7-20(4-2)8-10-21/h3-4,15-23H,1-2,5-14H2. The average molecular weight is 391 g/mol. The topological polar surface area (TPSA) is 0 Å². The first-order valence-electron chi connectivity index (χ1n) is 11.6. The maximum atomic E-state index is 14.8. The molecule has 2 aromatic carbocycles. The lowest BCUT2D eigenvalue weighted by Gasteiger charge is -2.37. The van der Waals surface area contributed by atoms with E-state index in [1.807, 2.05) is 18.2 Å². The molecule has 0 radical (unpaired) electrons. The Morgan fingerprint density at radius 2 is 1.55 bits per heavy atom. The van der Waals surface area contributed by atoms with Crippen LogP contribution in [0.2, 0.25) is 0 Å². The highest BCUT2D eigenvalue weighted by Crippen LogP contribution is 2.44. The molecule has 0 bridgehead atoms. The van der Waals surface area contributed by atoms with Crippen LogP contribution in [0.3, 0.4) is 0 Å². The van der Waals surface area contributed by atoms with Crippen molar-refractivity contribution in [2.24, 2.45) is 17.8 Å². The van der Waals surface area contributed by atoms with Gasteiger partial charge in [0.15, 0.2) is 0 Å². The van der Waals surface area contributed by atoms with Crippen molar-refractivity contribution in [1.82, 2.24) is 0 Å². The van der Waals surface area contributed by atoms with Gasteiger partial charge in [-0.25, -0.2) is 4.39 Å². The molecule has 0 heterocycles. The Morgan fingerprint density at radius 3 is 2.21 bits per heavy atom. The van der Waals surface area contributed by atoms with Gasteiger partial charge in [-0.2, -0.15) is 0 Å². The molecule has 2 aromatic rings. The fraction of sp³-hybridized carbons (Fsp3) is 0.500. The van der Waals surface area contributed by atoms with Crippen LogP contribution in [0.15, 0.2) is 55.6 Å². The van der Waals surface area contributed by atoms with Crippen molar-refractivity contribution >= 4 is 10.8 Å². The van der Waals surface area contributed by atoms with Gasteiger partial charge in [0.2, 0.25) is 0 Å². The van der Waals surface area contributed by atoms with Crippen LogP contribution in [0, 0.1) is 23.6 Å². The van der Waals surface area contributed by atoms with Crippen molar-refractivity contribution in [2.45, 2.75) is 70.1 Å². The molecule has 0 N–H and O–H groups in total. The average Bonchev–Trinajstić information content (AvgIpc) is 2.78. The third kappa shape index (κ3) is 4.49. The van der Waals surface area contributed by atoms with Crippen LogP contribution in [-0.4, -0.2) is 0 Å². The van der Waals surface area contributed by atoms with Crippen molar-refractivity contribution < 1.29 is 4.39 Å². The first-order valence-corrected chi connectivity index (χ1v) is 11.6. The number of benzene rings is 2. The van der Waals surface area contributed by atoms with Crippen LogP contribution in [0.5, 0.6) is 0 Å². The molecule has 2 aliphatic rings. The van der Waals surface area contributed by atoms with Gasteiger partial charge in [-0.15, -0.1) is 13.2 Å². The molecule has 2 saturated carbocycles. The molecule has 29 heavy (non-hydrogen) atoms. The molecule has 0 spiro atoms. The Morgan fingerprint density at radius 1 is 0.862 bits per heavy atom. The molecule has 2 fully saturated rings. The summed E-state index contributed by atoms with van der Waals surface area (Å²) in [4.78, 5) is 0. The van der Waals surface area contributed by atoms with Crippen LogP contribution >= 0.6 is 0 Å². The molecule has 0 unspecified atom stereocenters. The SMILES string of the molecule is C=CCCc1ccc2cc(C3CCC(C4CCC(C=C)CC4)CC3)ccc2c1F. The van der Waals surface area contributed by atoms with Crippen molar-refractivity contribution in [3.63, 3.8) is 0 Å². The van der Waals surface area contributed by atoms with Gasteiger partial charge in [0, 0.05) is 5.39 Å². The van der Waals surface area contributed by atoms with E-state index in [1.165, 1.54) is 56.9 Å². The summed E-state index contributed by atoms with van der Waals surface area (Å²) in [7, 11) is 0. The molecule has 0 saturated heterocycles. The summed E-state index contributed by atoms with van der Waals surface area (Å²) in [6.45, 7) is 7.73. The third-order valence-electron chi connectivity index (χ3n) is 7.74. The summed E-state index contributed by atoms with van der Waals surface area (Å²) in [5.41, 5.74) is 2.21. The van der Waals surface area contributed by atoms with Gasteiger partial charge in [0.25, 0.3) is 0 Å². The Kier molecular flexibility index (Phi) is 6.53. The number of hydrogen-bond acceptors (Lipinski definition) is 0. The van der Waals surface area contributed by atoms with Gasteiger partial charge in [-0.3, -0.25) is 0 Å². The molecule has 0 amide bonds. The molecule has 0 atom stereocenters. The fourth-order valence-corrected chi connectivity index (χ4v) is 5.84. The molecule has 0 aliphatic heterocycles. The quantitative estimate of drug-likeness (QED) is 0.435. The van der Waals surface area contributed by atoms with E-state index in [0.29, 0.717) is 5.92 Å². The lowest BCUT2D eigenvalue weighted by Crippen LogP contribution is -2.25. The summed E-state index contributed by atoms with van der Waals surface area (Å²) < 4.78 is 14.8. The zero-order valence-corrected chi connectivity index (χ0v) is 17.7. The van der Waals surface area contributed by atoms with E-state index in [-0.39, 0.29) is 5.82 Å². The van der Waals surface area contributed by atoms with E-state index in [1.54, 1.807) is 0 Å². The molecular weight excluding hydrogens is 355 g/mol. The Labute approximate surface area is 175 Å². The van der Waals surface area contributed by atoms with E-state index >= 15 is 0 Å². The molecular formula is C28H35F. The fourth-order valence-electron chi connectivity index (χ4n) is 5.84. The Bertz CT molecular complexity index is 848. The second-order valence-electron chi connectivity index (χ2n) is 9.37. The molecule has 0 nitrogen and oxygen atoms in total. The van der Waals surface area contributed by atoms with Gasteiger partial charge in [0.05, 0.1) is 0 Å². The zero-order valence-electron chi connectivity index (χ0n) is 17.7. The molecule has 2 aliphatic carbocycles. The van der Waals surface area contributed by atoms with Crippen LogP contribution < -0.4 is 0 Å². The van der Waals surface area contributed by atoms with Crippen LogP contribution in [-0.2, 0) is 6.42 Å². The summed E-state index contributed by atoms with van der Waals surface area (Å²) in [5.74, 6) is 3.21. The third-order valence-corrected chi connectivity index (χ3v) is 7.74. The monoisotopic (exact) mass is 390 g/mol. The lowest BCUT2D eigenvalue weighted by molar-refractivity contribution is 0.171. The predicted octanol–water partition coefficient (Wildman–Crippen LogP) is 8.36. The van der Waals surface area contributed by atoms with Gasteiger partial charge in [0.1, 0.15) is 5.82 Å². The number of allylic oxidation sites excluding steroid dienone is 2. The van der Waals surface area contributed by atoms with E-state index < -0.39 is 0 Å². The van der Waals surface area contributed by atoms with E-state index in [4.69, 9.17) is 0 Å². The lowest BCUT2D eigenvalue weighted by atomic mass is 9.68. The predicted molar refractivity (Wildman–Crippen MR) is 123 cm³/mol. The van der Waals surface area contributed by atoms with Crippen LogP contribution in [0.4, 0.5) is 4.39 Å². The smallest absolute Gasteiger partial charge is 0.134 e. The largest absolute Gasteiger partial charge is 0.206 e. The Balaban J connectivity index is 1.40. The maximum absolute atomic E-state index is 14.8. The maximum Gasteiger partial charge on any atom is 0.134 e. The number of hydrogen-bond donors (Lipinski definition) is 0. The van der Waals surface area contributed by atoms with Crippen molar-refractivity contribution in [2.75, 3.05) is 0 Å². The minimum atomic E-state index is -0.0465. The first kappa shape index (κ1) is 20.4. The van der Waals surface area contributed by atoms with Crippen molar-refractivity contribution in [3.8, 4) is 0 Å². The normalized spacial score (nSPS) is 27.6. The Hall–Kier alpha value is -1.89.